The summed E-state index contributed by atoms with van der Waals surface area (Å²) in [4.78, 5) is 4.36. The van der Waals surface area contributed by atoms with Gasteiger partial charge < -0.3 is 14.5 Å². The number of rotatable bonds is 6. The molecule has 0 radical (unpaired) electrons. The molecule has 1 aliphatic heterocycles. The molecule has 0 bridgehead atoms. The standard InChI is InChI=1S/C11H22N2O.C3H8.C2H6/c1-12(2)6-4-7-14-8-5-11-9-13(3)10-11;1-3-2;1-2/h4,6,11H,5,7-10H2,1-3H3;3H2,1-2H3;1-2H3/b6-4+;;. The van der Waals surface area contributed by atoms with Gasteiger partial charge in [-0.3, -0.25) is 0 Å². The largest absolute Gasteiger partial charge is 0.384 e. The molecule has 0 unspecified atom stereocenters. The molecule has 1 rings (SSSR count). The minimum Gasteiger partial charge on any atom is -0.384 e. The molecule has 1 heterocycles. The third-order valence-corrected chi connectivity index (χ3v) is 2.43. The van der Waals surface area contributed by atoms with E-state index in [-0.39, 0.29) is 0 Å². The average Bonchev–Trinajstić information content (AvgIpc) is 2.34. The second kappa shape index (κ2) is 15.5. The fourth-order valence-electron chi connectivity index (χ4n) is 1.67. The Labute approximate surface area is 121 Å². The first-order valence-electron chi connectivity index (χ1n) is 7.69. The van der Waals surface area contributed by atoms with Crippen LogP contribution < -0.4 is 0 Å². The Kier molecular flexibility index (Phi) is 17.0. The molecule has 0 aromatic heterocycles. The van der Waals surface area contributed by atoms with Crippen LogP contribution in [0.15, 0.2) is 12.3 Å². The molecule has 0 aromatic rings. The van der Waals surface area contributed by atoms with Gasteiger partial charge in [-0.1, -0.05) is 34.1 Å². The van der Waals surface area contributed by atoms with Crippen molar-refractivity contribution in [2.24, 2.45) is 5.92 Å². The van der Waals surface area contributed by atoms with Crippen molar-refractivity contribution in [1.29, 1.82) is 0 Å². The van der Waals surface area contributed by atoms with Crippen LogP contribution in [0.3, 0.4) is 0 Å². The predicted molar refractivity (Wildman–Crippen MR) is 86.6 cm³/mol. The molecular formula is C16H36N2O. The molecule has 1 fully saturated rings. The molecule has 3 nitrogen and oxygen atoms in total. The lowest BCUT2D eigenvalue weighted by Gasteiger charge is -2.36. The summed E-state index contributed by atoms with van der Waals surface area (Å²) in [6.07, 6.45) is 6.53. The first-order chi connectivity index (χ1) is 9.10. The van der Waals surface area contributed by atoms with Crippen molar-refractivity contribution >= 4 is 0 Å². The molecular weight excluding hydrogens is 236 g/mol. The molecule has 1 aliphatic rings. The van der Waals surface area contributed by atoms with Gasteiger partial charge in [0, 0.05) is 33.8 Å². The van der Waals surface area contributed by atoms with Crippen LogP contribution in [-0.2, 0) is 4.74 Å². The SMILES string of the molecule is CC.CCC.CN(C)/C=C/COCCC1CN(C)C1. The molecule has 0 atom stereocenters. The zero-order valence-corrected chi connectivity index (χ0v) is 14.3. The van der Waals surface area contributed by atoms with E-state index in [1.807, 2.05) is 45.1 Å². The van der Waals surface area contributed by atoms with E-state index in [2.05, 4.69) is 25.8 Å². The van der Waals surface area contributed by atoms with E-state index in [1.165, 1.54) is 25.9 Å². The van der Waals surface area contributed by atoms with E-state index in [9.17, 15) is 0 Å². The quantitative estimate of drug-likeness (QED) is 0.689. The van der Waals surface area contributed by atoms with Crippen LogP contribution in [0.4, 0.5) is 0 Å². The fourth-order valence-corrected chi connectivity index (χ4v) is 1.67. The molecule has 0 spiro atoms. The molecule has 0 saturated carbocycles. The van der Waals surface area contributed by atoms with Crippen molar-refractivity contribution < 1.29 is 4.74 Å². The predicted octanol–water partition coefficient (Wildman–Crippen LogP) is 3.47. The summed E-state index contributed by atoms with van der Waals surface area (Å²) in [5, 5.41) is 0. The summed E-state index contributed by atoms with van der Waals surface area (Å²) < 4.78 is 5.49. The van der Waals surface area contributed by atoms with Gasteiger partial charge in [0.1, 0.15) is 0 Å². The number of hydrogen-bond donors (Lipinski definition) is 0. The first-order valence-corrected chi connectivity index (χ1v) is 7.69. The number of hydrogen-bond acceptors (Lipinski definition) is 3. The van der Waals surface area contributed by atoms with Crippen LogP contribution in [0, 0.1) is 5.92 Å². The zero-order valence-electron chi connectivity index (χ0n) is 14.3. The fraction of sp³-hybridized carbons (Fsp3) is 0.875. The van der Waals surface area contributed by atoms with Crippen molar-refractivity contribution in [3.05, 3.63) is 12.3 Å². The Morgan fingerprint density at radius 3 is 2.16 bits per heavy atom. The zero-order chi connectivity index (χ0) is 15.1. The maximum atomic E-state index is 5.49. The lowest BCUT2D eigenvalue weighted by molar-refractivity contribution is 0.0809. The maximum Gasteiger partial charge on any atom is 0.0664 e. The van der Waals surface area contributed by atoms with Gasteiger partial charge >= 0.3 is 0 Å². The summed E-state index contributed by atoms with van der Waals surface area (Å²) in [7, 11) is 6.19. The number of nitrogens with zero attached hydrogens (tertiary/aromatic N) is 2. The Balaban J connectivity index is 0. The third kappa shape index (κ3) is 15.4. The lowest BCUT2D eigenvalue weighted by atomic mass is 9.98. The average molecular weight is 272 g/mol. The van der Waals surface area contributed by atoms with Gasteiger partial charge in [0.2, 0.25) is 0 Å². The van der Waals surface area contributed by atoms with E-state index >= 15 is 0 Å². The highest BCUT2D eigenvalue weighted by Crippen LogP contribution is 2.16. The second-order valence-corrected chi connectivity index (χ2v) is 5.01. The molecule has 1 saturated heterocycles. The van der Waals surface area contributed by atoms with Gasteiger partial charge in [-0.15, -0.1) is 0 Å². The highest BCUT2D eigenvalue weighted by atomic mass is 16.5. The van der Waals surface area contributed by atoms with Crippen LogP contribution >= 0.6 is 0 Å². The molecule has 0 aliphatic carbocycles. The summed E-state index contributed by atoms with van der Waals surface area (Å²) in [6, 6.07) is 0. The Morgan fingerprint density at radius 2 is 1.74 bits per heavy atom. The summed E-state index contributed by atoms with van der Waals surface area (Å²) in [5.74, 6) is 0.873. The second-order valence-electron chi connectivity index (χ2n) is 5.01. The normalized spacial score (nSPS) is 15.1. The van der Waals surface area contributed by atoms with Gasteiger partial charge in [-0.05, 0) is 31.7 Å². The van der Waals surface area contributed by atoms with Crippen molar-refractivity contribution in [2.45, 2.75) is 40.5 Å². The van der Waals surface area contributed by atoms with Crippen molar-refractivity contribution in [1.82, 2.24) is 9.80 Å². The monoisotopic (exact) mass is 272 g/mol. The molecule has 0 N–H and O–H groups in total. The molecule has 116 valence electrons. The minimum atomic E-state index is 0.737. The lowest BCUT2D eigenvalue weighted by Crippen LogP contribution is -2.43. The van der Waals surface area contributed by atoms with Gasteiger partial charge in [0.25, 0.3) is 0 Å². The number of likely N-dealkylation sites (tertiary alicyclic amines) is 1. The molecule has 0 aromatic carbocycles. The van der Waals surface area contributed by atoms with Gasteiger partial charge in [0.15, 0.2) is 0 Å². The first kappa shape index (κ1) is 20.8. The topological polar surface area (TPSA) is 15.7 Å². The van der Waals surface area contributed by atoms with E-state index in [0.717, 1.165) is 19.1 Å². The highest BCUT2D eigenvalue weighted by Gasteiger charge is 2.21. The highest BCUT2D eigenvalue weighted by molar-refractivity contribution is 4.79. The Hall–Kier alpha value is -0.540. The van der Waals surface area contributed by atoms with Crippen molar-refractivity contribution in [3.63, 3.8) is 0 Å². The number of ether oxygens (including phenoxy) is 1. The van der Waals surface area contributed by atoms with Crippen molar-refractivity contribution in [3.8, 4) is 0 Å². The van der Waals surface area contributed by atoms with Crippen LogP contribution in [0.25, 0.3) is 0 Å². The molecule has 3 heteroatoms. The third-order valence-electron chi connectivity index (χ3n) is 2.43. The van der Waals surface area contributed by atoms with Crippen LogP contribution in [0.2, 0.25) is 0 Å². The van der Waals surface area contributed by atoms with E-state index < -0.39 is 0 Å². The van der Waals surface area contributed by atoms with Gasteiger partial charge in [0.05, 0.1) is 6.61 Å². The molecule has 0 amide bonds. The molecule has 19 heavy (non-hydrogen) atoms. The van der Waals surface area contributed by atoms with Gasteiger partial charge in [-0.2, -0.15) is 0 Å². The summed E-state index contributed by atoms with van der Waals surface area (Å²) in [6.45, 7) is 12.4. The van der Waals surface area contributed by atoms with Crippen LogP contribution in [-0.4, -0.2) is 57.2 Å². The van der Waals surface area contributed by atoms with Gasteiger partial charge in [-0.25, -0.2) is 0 Å². The summed E-state index contributed by atoms with van der Waals surface area (Å²) in [5.41, 5.74) is 0. The van der Waals surface area contributed by atoms with Crippen LogP contribution in [0.5, 0.6) is 0 Å². The van der Waals surface area contributed by atoms with Crippen molar-refractivity contribution in [2.75, 3.05) is 47.4 Å². The Bertz CT molecular complexity index is 187. The van der Waals surface area contributed by atoms with Crippen LogP contribution in [0.1, 0.15) is 40.5 Å². The van der Waals surface area contributed by atoms with E-state index in [4.69, 9.17) is 4.74 Å². The van der Waals surface area contributed by atoms with E-state index in [1.54, 1.807) is 0 Å². The minimum absolute atomic E-state index is 0.737. The summed E-state index contributed by atoms with van der Waals surface area (Å²) >= 11 is 0. The van der Waals surface area contributed by atoms with E-state index in [0.29, 0.717) is 0 Å². The Morgan fingerprint density at radius 1 is 1.21 bits per heavy atom. The maximum absolute atomic E-state index is 5.49. The smallest absolute Gasteiger partial charge is 0.0664 e.